The summed E-state index contributed by atoms with van der Waals surface area (Å²) in [5.41, 5.74) is -0.895. The number of halogens is 3. The Bertz CT molecular complexity index is 367. The van der Waals surface area contributed by atoms with E-state index in [4.69, 9.17) is 4.42 Å². The lowest BCUT2D eigenvalue weighted by atomic mass is 10.1. The number of alkyl halides is 3. The molecule has 1 aromatic heterocycles. The van der Waals surface area contributed by atoms with Crippen molar-refractivity contribution < 1.29 is 17.6 Å². The average molecular weight is 234 g/mol. The number of rotatable bonds is 2. The fraction of sp³-hybridized carbons (Fsp3) is 0.700. The van der Waals surface area contributed by atoms with E-state index >= 15 is 0 Å². The summed E-state index contributed by atoms with van der Waals surface area (Å²) in [6.07, 6.45) is -2.98. The van der Waals surface area contributed by atoms with Gasteiger partial charge in [0.25, 0.3) is 0 Å². The highest BCUT2D eigenvalue weighted by atomic mass is 19.4. The summed E-state index contributed by atoms with van der Waals surface area (Å²) in [5.74, 6) is 0.381. The molecule has 2 heterocycles. The molecule has 1 aromatic rings. The second-order valence-electron chi connectivity index (χ2n) is 4.07. The Morgan fingerprint density at radius 3 is 2.75 bits per heavy atom. The van der Waals surface area contributed by atoms with Crippen LogP contribution in [0.1, 0.15) is 23.8 Å². The first-order valence-electron chi connectivity index (χ1n) is 5.21. The van der Waals surface area contributed by atoms with Crippen LogP contribution in [0.3, 0.4) is 0 Å². The first-order valence-corrected chi connectivity index (χ1v) is 5.21. The van der Waals surface area contributed by atoms with Crippen LogP contribution in [0.2, 0.25) is 0 Å². The lowest BCUT2D eigenvalue weighted by Crippen LogP contribution is -2.11. The van der Waals surface area contributed by atoms with Gasteiger partial charge in [-0.15, -0.1) is 0 Å². The van der Waals surface area contributed by atoms with Gasteiger partial charge in [0, 0.05) is 6.42 Å². The van der Waals surface area contributed by atoms with Crippen LogP contribution in [0.5, 0.6) is 0 Å². The minimum Gasteiger partial charge on any atom is -0.445 e. The molecule has 1 fully saturated rings. The van der Waals surface area contributed by atoms with Crippen LogP contribution in [0.4, 0.5) is 13.2 Å². The molecule has 16 heavy (non-hydrogen) atoms. The Kier molecular flexibility index (Phi) is 2.92. The molecule has 0 radical (unpaired) electrons. The summed E-state index contributed by atoms with van der Waals surface area (Å²) in [6.45, 7) is 3.03. The Labute approximate surface area is 91.0 Å². The topological polar surface area (TPSA) is 38.1 Å². The van der Waals surface area contributed by atoms with Gasteiger partial charge in [-0.3, -0.25) is 0 Å². The van der Waals surface area contributed by atoms with Gasteiger partial charge in [0.05, 0.1) is 0 Å². The van der Waals surface area contributed by atoms with Crippen molar-refractivity contribution in [2.24, 2.45) is 5.92 Å². The molecule has 90 valence electrons. The van der Waals surface area contributed by atoms with Crippen molar-refractivity contribution in [3.63, 3.8) is 0 Å². The zero-order valence-electron chi connectivity index (χ0n) is 8.90. The van der Waals surface area contributed by atoms with Crippen molar-refractivity contribution in [1.29, 1.82) is 0 Å². The highest BCUT2D eigenvalue weighted by molar-refractivity contribution is 5.12. The van der Waals surface area contributed by atoms with Crippen molar-refractivity contribution in [2.45, 2.75) is 25.9 Å². The quantitative estimate of drug-likeness (QED) is 0.852. The SMILES string of the molecule is Cc1oc(CC2CCNC2)nc1C(F)(F)F. The summed E-state index contributed by atoms with van der Waals surface area (Å²) < 4.78 is 42.4. The molecule has 3 nitrogen and oxygen atoms in total. The molecular formula is C10H13F3N2O. The Hall–Kier alpha value is -1.04. The predicted molar refractivity (Wildman–Crippen MR) is 50.9 cm³/mol. The summed E-state index contributed by atoms with van der Waals surface area (Å²) in [6, 6.07) is 0. The van der Waals surface area contributed by atoms with Crippen LogP contribution in [0.25, 0.3) is 0 Å². The standard InChI is InChI=1S/C10H13F3N2O/c1-6-9(10(11,12)13)15-8(16-6)4-7-2-3-14-5-7/h7,14H,2-5H2,1H3. The van der Waals surface area contributed by atoms with E-state index in [1.807, 2.05) is 0 Å². The van der Waals surface area contributed by atoms with Gasteiger partial charge in [-0.1, -0.05) is 0 Å². The molecule has 0 bridgehead atoms. The van der Waals surface area contributed by atoms with E-state index < -0.39 is 11.9 Å². The molecule has 0 aliphatic carbocycles. The van der Waals surface area contributed by atoms with Gasteiger partial charge in [0.1, 0.15) is 5.76 Å². The molecule has 1 saturated heterocycles. The molecule has 2 rings (SSSR count). The van der Waals surface area contributed by atoms with Crippen LogP contribution in [0.15, 0.2) is 4.42 Å². The van der Waals surface area contributed by atoms with Gasteiger partial charge in [-0.2, -0.15) is 13.2 Å². The maximum Gasteiger partial charge on any atom is 0.436 e. The van der Waals surface area contributed by atoms with E-state index in [-0.39, 0.29) is 11.7 Å². The second-order valence-corrected chi connectivity index (χ2v) is 4.07. The van der Waals surface area contributed by atoms with E-state index in [0.29, 0.717) is 12.3 Å². The fourth-order valence-corrected chi connectivity index (χ4v) is 1.94. The second kappa shape index (κ2) is 4.08. The third-order valence-electron chi connectivity index (χ3n) is 2.74. The summed E-state index contributed by atoms with van der Waals surface area (Å²) in [4.78, 5) is 3.53. The van der Waals surface area contributed by atoms with Gasteiger partial charge in [-0.25, -0.2) is 4.98 Å². The molecule has 0 amide bonds. The summed E-state index contributed by atoms with van der Waals surface area (Å²) in [5, 5.41) is 3.15. The molecule has 0 saturated carbocycles. The van der Waals surface area contributed by atoms with E-state index in [0.717, 1.165) is 19.5 Å². The van der Waals surface area contributed by atoms with Gasteiger partial charge >= 0.3 is 6.18 Å². The van der Waals surface area contributed by atoms with E-state index in [1.54, 1.807) is 0 Å². The van der Waals surface area contributed by atoms with Crippen LogP contribution in [-0.4, -0.2) is 18.1 Å². The zero-order chi connectivity index (χ0) is 11.8. The smallest absolute Gasteiger partial charge is 0.436 e. The van der Waals surface area contributed by atoms with Gasteiger partial charge < -0.3 is 9.73 Å². The molecule has 6 heteroatoms. The van der Waals surface area contributed by atoms with Crippen molar-refractivity contribution in [1.82, 2.24) is 10.3 Å². The number of hydrogen-bond acceptors (Lipinski definition) is 3. The maximum atomic E-state index is 12.4. The molecule has 0 aromatic carbocycles. The van der Waals surface area contributed by atoms with E-state index in [2.05, 4.69) is 10.3 Å². The van der Waals surface area contributed by atoms with E-state index in [1.165, 1.54) is 6.92 Å². The lowest BCUT2D eigenvalue weighted by Gasteiger charge is -2.03. The van der Waals surface area contributed by atoms with Crippen molar-refractivity contribution in [3.8, 4) is 0 Å². The molecule has 0 spiro atoms. The lowest BCUT2D eigenvalue weighted by molar-refractivity contribution is -0.141. The Morgan fingerprint density at radius 1 is 1.50 bits per heavy atom. The average Bonchev–Trinajstić information content (AvgIpc) is 2.74. The number of aryl methyl sites for hydroxylation is 1. The number of oxazole rings is 1. The minimum atomic E-state index is -4.42. The normalized spacial score (nSPS) is 21.6. The molecule has 1 N–H and O–H groups in total. The van der Waals surface area contributed by atoms with E-state index in [9.17, 15) is 13.2 Å². The molecule has 1 aliphatic heterocycles. The maximum absolute atomic E-state index is 12.4. The Morgan fingerprint density at radius 2 is 2.25 bits per heavy atom. The first kappa shape index (κ1) is 11.4. The number of nitrogens with zero attached hydrogens (tertiary/aromatic N) is 1. The largest absolute Gasteiger partial charge is 0.445 e. The fourth-order valence-electron chi connectivity index (χ4n) is 1.94. The number of aromatic nitrogens is 1. The van der Waals surface area contributed by atoms with Crippen molar-refractivity contribution in [2.75, 3.05) is 13.1 Å². The number of nitrogens with one attached hydrogen (secondary N) is 1. The summed E-state index contributed by atoms with van der Waals surface area (Å²) in [7, 11) is 0. The van der Waals surface area contributed by atoms with Crippen LogP contribution < -0.4 is 5.32 Å². The highest BCUT2D eigenvalue weighted by Crippen LogP contribution is 2.31. The third-order valence-corrected chi connectivity index (χ3v) is 2.74. The van der Waals surface area contributed by atoms with Crippen molar-refractivity contribution in [3.05, 3.63) is 17.3 Å². The predicted octanol–water partition coefficient (Wildman–Crippen LogP) is 2.15. The molecule has 1 unspecified atom stereocenters. The third kappa shape index (κ3) is 2.37. The van der Waals surface area contributed by atoms with Gasteiger partial charge in [-0.05, 0) is 32.4 Å². The molecule has 1 aliphatic rings. The first-order chi connectivity index (χ1) is 7.47. The van der Waals surface area contributed by atoms with Crippen LogP contribution in [0, 0.1) is 12.8 Å². The number of hydrogen-bond donors (Lipinski definition) is 1. The Balaban J connectivity index is 2.11. The zero-order valence-corrected chi connectivity index (χ0v) is 8.90. The van der Waals surface area contributed by atoms with Crippen LogP contribution >= 0.6 is 0 Å². The molecule has 1 atom stereocenters. The molecular weight excluding hydrogens is 221 g/mol. The minimum absolute atomic E-state index is 0.145. The summed E-state index contributed by atoms with van der Waals surface area (Å²) >= 11 is 0. The van der Waals surface area contributed by atoms with Crippen molar-refractivity contribution >= 4 is 0 Å². The van der Waals surface area contributed by atoms with Crippen LogP contribution in [-0.2, 0) is 12.6 Å². The highest BCUT2D eigenvalue weighted by Gasteiger charge is 2.37. The van der Waals surface area contributed by atoms with Gasteiger partial charge in [0.2, 0.25) is 0 Å². The monoisotopic (exact) mass is 234 g/mol. The van der Waals surface area contributed by atoms with Gasteiger partial charge in [0.15, 0.2) is 11.6 Å².